The number of imidazole rings is 1. The lowest BCUT2D eigenvalue weighted by Gasteiger charge is -1.98. The van der Waals surface area contributed by atoms with Gasteiger partial charge in [0.25, 0.3) is 0 Å². The Morgan fingerprint density at radius 2 is 1.91 bits per heavy atom. The number of aromatic nitrogens is 2. The monoisotopic (exact) mass is 288 g/mol. The van der Waals surface area contributed by atoms with E-state index in [0.29, 0.717) is 0 Å². The van der Waals surface area contributed by atoms with Crippen molar-refractivity contribution in [1.29, 1.82) is 0 Å². The first kappa shape index (κ1) is 12.9. The Morgan fingerprint density at radius 3 is 2.77 bits per heavy atom. The molecule has 0 aliphatic rings. The van der Waals surface area contributed by atoms with Gasteiger partial charge in [0, 0.05) is 24.2 Å². The lowest BCUT2D eigenvalue weighted by molar-refractivity contribution is 0.616. The van der Waals surface area contributed by atoms with Gasteiger partial charge in [-0.2, -0.15) is 0 Å². The highest BCUT2D eigenvalue weighted by atomic mass is 16.3. The maximum Gasteiger partial charge on any atom is 0.144 e. The molecule has 108 valence electrons. The van der Waals surface area contributed by atoms with Crippen LogP contribution in [0.5, 0.6) is 0 Å². The Morgan fingerprint density at radius 1 is 1.05 bits per heavy atom. The van der Waals surface area contributed by atoms with E-state index in [1.807, 2.05) is 25.2 Å². The Hall–Kier alpha value is -2.81. The van der Waals surface area contributed by atoms with E-state index >= 15 is 0 Å². The van der Waals surface area contributed by atoms with Gasteiger partial charge in [-0.15, -0.1) is 0 Å². The van der Waals surface area contributed by atoms with E-state index in [9.17, 15) is 0 Å². The molecule has 4 aromatic rings. The Kier molecular flexibility index (Phi) is 2.86. The van der Waals surface area contributed by atoms with Crippen LogP contribution in [-0.4, -0.2) is 9.55 Å². The van der Waals surface area contributed by atoms with Gasteiger partial charge >= 0.3 is 0 Å². The van der Waals surface area contributed by atoms with Crippen molar-refractivity contribution in [3.63, 3.8) is 0 Å². The lowest BCUT2D eigenvalue weighted by atomic mass is 10.1. The summed E-state index contributed by atoms with van der Waals surface area (Å²) < 4.78 is 7.69. The van der Waals surface area contributed by atoms with E-state index in [1.165, 1.54) is 5.56 Å². The summed E-state index contributed by atoms with van der Waals surface area (Å²) in [4.78, 5) is 4.82. The lowest BCUT2D eigenvalue weighted by Crippen LogP contribution is -1.89. The fraction of sp³-hybridized carbons (Fsp3) is 0.105. The van der Waals surface area contributed by atoms with Crippen LogP contribution in [0.4, 0.5) is 0 Å². The summed E-state index contributed by atoms with van der Waals surface area (Å²) in [5, 5.41) is 1.09. The van der Waals surface area contributed by atoms with E-state index < -0.39 is 0 Å². The molecule has 2 heterocycles. The van der Waals surface area contributed by atoms with Gasteiger partial charge in [-0.05, 0) is 19.1 Å². The molecule has 0 unspecified atom stereocenters. The Labute approximate surface area is 128 Å². The Balaban J connectivity index is 1.87. The first-order chi connectivity index (χ1) is 10.7. The number of furan rings is 1. The van der Waals surface area contributed by atoms with Gasteiger partial charge in [0.1, 0.15) is 17.7 Å². The molecule has 0 N–H and O–H groups in total. The molecule has 0 spiro atoms. The van der Waals surface area contributed by atoms with Crippen molar-refractivity contribution in [2.75, 3.05) is 0 Å². The minimum atomic E-state index is 0.887. The van der Waals surface area contributed by atoms with E-state index in [1.54, 1.807) is 6.26 Å². The summed E-state index contributed by atoms with van der Waals surface area (Å²) in [5.41, 5.74) is 5.26. The van der Waals surface area contributed by atoms with Gasteiger partial charge in [-0.25, -0.2) is 4.98 Å². The fourth-order valence-corrected chi connectivity index (χ4v) is 2.81. The van der Waals surface area contributed by atoms with E-state index in [4.69, 9.17) is 9.40 Å². The number of rotatable bonds is 2. The van der Waals surface area contributed by atoms with Crippen LogP contribution < -0.4 is 0 Å². The second-order valence-corrected chi connectivity index (χ2v) is 5.58. The molecule has 0 aliphatic heterocycles. The molecule has 4 rings (SSSR count). The van der Waals surface area contributed by atoms with E-state index in [-0.39, 0.29) is 0 Å². The highest BCUT2D eigenvalue weighted by molar-refractivity contribution is 5.92. The molecule has 2 aromatic carbocycles. The van der Waals surface area contributed by atoms with Crippen molar-refractivity contribution < 1.29 is 4.42 Å². The average molecular weight is 288 g/mol. The van der Waals surface area contributed by atoms with Crippen molar-refractivity contribution in [2.45, 2.75) is 6.92 Å². The van der Waals surface area contributed by atoms with Crippen LogP contribution in [0.2, 0.25) is 0 Å². The number of aryl methyl sites for hydroxylation is 2. The minimum Gasteiger partial charge on any atom is -0.464 e. The molecule has 0 aliphatic carbocycles. The molecule has 3 nitrogen and oxygen atoms in total. The zero-order valence-electron chi connectivity index (χ0n) is 12.6. The summed E-state index contributed by atoms with van der Waals surface area (Å²) in [7, 11) is 2.02. The predicted octanol–water partition coefficient (Wildman–Crippen LogP) is 4.81. The van der Waals surface area contributed by atoms with Gasteiger partial charge in [0.2, 0.25) is 0 Å². The summed E-state index contributed by atoms with van der Waals surface area (Å²) in [6.45, 7) is 2.09. The highest BCUT2D eigenvalue weighted by Crippen LogP contribution is 2.31. The molecule has 3 heteroatoms. The van der Waals surface area contributed by atoms with Gasteiger partial charge < -0.3 is 8.98 Å². The largest absolute Gasteiger partial charge is 0.464 e. The Bertz CT molecular complexity index is 962. The third kappa shape index (κ3) is 2.02. The standard InChI is InChI=1S/C19H16N2O/c1-13-6-5-7-14(10-13)17-11-21(2)19(20-17)16-12-22-18-9-4-3-8-15(16)18/h3-12H,1-2H3. The summed E-state index contributed by atoms with van der Waals surface area (Å²) >= 11 is 0. The second-order valence-electron chi connectivity index (χ2n) is 5.58. The highest BCUT2D eigenvalue weighted by Gasteiger charge is 2.14. The SMILES string of the molecule is Cc1cccc(-c2cn(C)c(-c3coc4ccccc34)n2)c1. The van der Waals surface area contributed by atoms with Crippen LogP contribution in [0.3, 0.4) is 0 Å². The topological polar surface area (TPSA) is 31.0 Å². The first-order valence-corrected chi connectivity index (χ1v) is 7.29. The van der Waals surface area contributed by atoms with Crippen LogP contribution in [0.15, 0.2) is 65.4 Å². The fourth-order valence-electron chi connectivity index (χ4n) is 2.81. The van der Waals surface area contributed by atoms with Crippen molar-refractivity contribution in [2.24, 2.45) is 7.05 Å². The number of nitrogens with zero attached hydrogens (tertiary/aromatic N) is 2. The zero-order valence-corrected chi connectivity index (χ0v) is 12.6. The molecule has 0 bridgehead atoms. The third-order valence-corrected chi connectivity index (χ3v) is 3.91. The smallest absolute Gasteiger partial charge is 0.144 e. The normalized spacial score (nSPS) is 11.2. The van der Waals surface area contributed by atoms with Crippen LogP contribution in [-0.2, 0) is 7.05 Å². The van der Waals surface area contributed by atoms with Crippen LogP contribution >= 0.6 is 0 Å². The summed E-state index contributed by atoms with van der Waals surface area (Å²) in [6, 6.07) is 16.4. The second kappa shape index (κ2) is 4.88. The van der Waals surface area contributed by atoms with Crippen molar-refractivity contribution in [3.8, 4) is 22.6 Å². The van der Waals surface area contributed by atoms with Crippen molar-refractivity contribution in [1.82, 2.24) is 9.55 Å². The minimum absolute atomic E-state index is 0.887. The van der Waals surface area contributed by atoms with Crippen molar-refractivity contribution in [3.05, 3.63) is 66.6 Å². The third-order valence-electron chi connectivity index (χ3n) is 3.91. The molecular formula is C19H16N2O. The van der Waals surface area contributed by atoms with Gasteiger partial charge in [0.05, 0.1) is 11.3 Å². The van der Waals surface area contributed by atoms with E-state index in [2.05, 4.69) is 48.0 Å². The average Bonchev–Trinajstić information content (AvgIpc) is 3.10. The molecule has 0 radical (unpaired) electrons. The molecule has 22 heavy (non-hydrogen) atoms. The summed E-state index contributed by atoms with van der Waals surface area (Å²) in [5.74, 6) is 0.918. The molecule has 0 amide bonds. The van der Waals surface area contributed by atoms with Crippen molar-refractivity contribution >= 4 is 11.0 Å². The molecular weight excluding hydrogens is 272 g/mol. The predicted molar refractivity (Wildman–Crippen MR) is 88.6 cm³/mol. The first-order valence-electron chi connectivity index (χ1n) is 7.29. The summed E-state index contributed by atoms with van der Waals surface area (Å²) in [6.07, 6.45) is 3.85. The quantitative estimate of drug-likeness (QED) is 0.530. The molecule has 0 saturated carbocycles. The van der Waals surface area contributed by atoms with Crippen LogP contribution in [0.1, 0.15) is 5.56 Å². The molecule has 0 atom stereocenters. The van der Waals surface area contributed by atoms with Gasteiger partial charge in [-0.3, -0.25) is 0 Å². The number of para-hydroxylation sites is 1. The molecule has 0 saturated heterocycles. The number of hydrogen-bond donors (Lipinski definition) is 0. The molecule has 0 fully saturated rings. The number of benzene rings is 2. The number of fused-ring (bicyclic) bond motifs is 1. The van der Waals surface area contributed by atoms with Crippen LogP contribution in [0.25, 0.3) is 33.6 Å². The molecule has 2 aromatic heterocycles. The number of hydrogen-bond acceptors (Lipinski definition) is 2. The van der Waals surface area contributed by atoms with Gasteiger partial charge in [0.15, 0.2) is 0 Å². The zero-order chi connectivity index (χ0) is 15.1. The van der Waals surface area contributed by atoms with E-state index in [0.717, 1.165) is 33.6 Å². The van der Waals surface area contributed by atoms with Crippen LogP contribution in [0, 0.1) is 6.92 Å². The van der Waals surface area contributed by atoms with Gasteiger partial charge in [-0.1, -0.05) is 42.0 Å². The maximum atomic E-state index is 5.64. The maximum absolute atomic E-state index is 5.64.